The summed E-state index contributed by atoms with van der Waals surface area (Å²) < 4.78 is 10.5. The summed E-state index contributed by atoms with van der Waals surface area (Å²) in [6.07, 6.45) is 0. The molecular weight excluding hydrogens is 232 g/mol. The number of hydrogen-bond donors (Lipinski definition) is 2. The van der Waals surface area contributed by atoms with E-state index in [-0.39, 0.29) is 18.4 Å². The van der Waals surface area contributed by atoms with Gasteiger partial charge >= 0.3 is 6.03 Å². The average molecular weight is 250 g/mol. The molecular formula is C13H18N2O3. The van der Waals surface area contributed by atoms with Crippen LogP contribution in [0.3, 0.4) is 0 Å². The highest BCUT2D eigenvalue weighted by atomic mass is 16.7. The van der Waals surface area contributed by atoms with E-state index in [0.717, 1.165) is 17.1 Å². The highest BCUT2D eigenvalue weighted by Crippen LogP contribution is 2.32. The van der Waals surface area contributed by atoms with Crippen LogP contribution in [0.25, 0.3) is 0 Å². The van der Waals surface area contributed by atoms with Crippen LogP contribution in [-0.2, 0) is 6.54 Å². The molecule has 2 N–H and O–H groups in total. The van der Waals surface area contributed by atoms with Gasteiger partial charge in [0.2, 0.25) is 6.79 Å². The van der Waals surface area contributed by atoms with Gasteiger partial charge in [0.15, 0.2) is 11.5 Å². The molecule has 0 aromatic heterocycles. The van der Waals surface area contributed by atoms with Crippen molar-refractivity contribution in [2.45, 2.75) is 32.9 Å². The summed E-state index contributed by atoms with van der Waals surface area (Å²) in [6.45, 7) is 6.53. The maximum atomic E-state index is 11.6. The van der Waals surface area contributed by atoms with E-state index in [1.54, 1.807) is 0 Å². The zero-order valence-corrected chi connectivity index (χ0v) is 10.9. The number of urea groups is 1. The van der Waals surface area contributed by atoms with E-state index in [4.69, 9.17) is 9.47 Å². The van der Waals surface area contributed by atoms with Gasteiger partial charge in [-0.25, -0.2) is 4.79 Å². The van der Waals surface area contributed by atoms with Crippen molar-refractivity contribution in [3.63, 3.8) is 0 Å². The number of benzene rings is 1. The summed E-state index contributed by atoms with van der Waals surface area (Å²) in [5, 5.41) is 5.64. The Balaban J connectivity index is 1.89. The lowest BCUT2D eigenvalue weighted by Gasteiger charge is -2.20. The molecule has 0 radical (unpaired) electrons. The smallest absolute Gasteiger partial charge is 0.315 e. The van der Waals surface area contributed by atoms with Gasteiger partial charge in [0.05, 0.1) is 0 Å². The maximum absolute atomic E-state index is 11.6. The molecule has 0 spiro atoms. The van der Waals surface area contributed by atoms with Crippen LogP contribution in [-0.4, -0.2) is 18.4 Å². The van der Waals surface area contributed by atoms with Crippen molar-refractivity contribution in [3.8, 4) is 11.5 Å². The molecule has 0 bridgehead atoms. The second-order valence-electron chi connectivity index (χ2n) is 5.25. The molecule has 0 atom stereocenters. The quantitative estimate of drug-likeness (QED) is 0.844. The standard InChI is InChI=1S/C13H18N2O3/c1-13(2,3)15-12(16)14-7-9-4-5-10-11(6-9)18-8-17-10/h4-6H,7-8H2,1-3H3,(H2,14,15,16). The summed E-state index contributed by atoms with van der Waals surface area (Å²) in [6, 6.07) is 5.45. The van der Waals surface area contributed by atoms with Crippen LogP contribution in [0.5, 0.6) is 11.5 Å². The van der Waals surface area contributed by atoms with E-state index < -0.39 is 0 Å². The van der Waals surface area contributed by atoms with E-state index in [2.05, 4.69) is 10.6 Å². The summed E-state index contributed by atoms with van der Waals surface area (Å²) in [5.41, 5.74) is 0.738. The van der Waals surface area contributed by atoms with Gasteiger partial charge in [-0.1, -0.05) is 6.07 Å². The maximum Gasteiger partial charge on any atom is 0.315 e. The number of carbonyl (C=O) groups is 1. The first-order valence-corrected chi connectivity index (χ1v) is 5.88. The lowest BCUT2D eigenvalue weighted by atomic mass is 10.1. The van der Waals surface area contributed by atoms with Crippen molar-refractivity contribution < 1.29 is 14.3 Å². The molecule has 0 fully saturated rings. The SMILES string of the molecule is CC(C)(C)NC(=O)NCc1ccc2c(c1)OCO2. The molecule has 2 rings (SSSR count). The van der Waals surface area contributed by atoms with Gasteiger partial charge in [-0.3, -0.25) is 0 Å². The van der Waals surface area contributed by atoms with Crippen molar-refractivity contribution in [1.29, 1.82) is 0 Å². The number of carbonyl (C=O) groups excluding carboxylic acids is 1. The Bertz CT molecular complexity index is 452. The van der Waals surface area contributed by atoms with Crippen molar-refractivity contribution in [2.75, 3.05) is 6.79 Å². The third-order valence-electron chi connectivity index (χ3n) is 2.38. The minimum absolute atomic E-state index is 0.180. The van der Waals surface area contributed by atoms with E-state index in [9.17, 15) is 4.79 Å². The van der Waals surface area contributed by atoms with Gasteiger partial charge in [0.1, 0.15) is 0 Å². The van der Waals surface area contributed by atoms with E-state index in [1.165, 1.54) is 0 Å². The van der Waals surface area contributed by atoms with Crippen LogP contribution in [0.4, 0.5) is 4.79 Å². The molecule has 98 valence electrons. The Labute approximate surface area is 106 Å². The first kappa shape index (κ1) is 12.5. The van der Waals surface area contributed by atoms with Crippen LogP contribution in [0.15, 0.2) is 18.2 Å². The first-order chi connectivity index (χ1) is 8.44. The number of ether oxygens (including phenoxy) is 2. The number of fused-ring (bicyclic) bond motifs is 1. The normalized spacial score (nSPS) is 13.3. The summed E-state index contributed by atoms with van der Waals surface area (Å²) in [5.74, 6) is 1.48. The van der Waals surface area contributed by atoms with Gasteiger partial charge in [-0.15, -0.1) is 0 Å². The fourth-order valence-electron chi connectivity index (χ4n) is 1.62. The largest absolute Gasteiger partial charge is 0.454 e. The van der Waals surface area contributed by atoms with Crippen molar-refractivity contribution in [1.82, 2.24) is 10.6 Å². The van der Waals surface area contributed by atoms with Crippen LogP contribution in [0.1, 0.15) is 26.3 Å². The molecule has 0 saturated heterocycles. The molecule has 0 aliphatic carbocycles. The predicted octanol–water partition coefficient (Wildman–Crippen LogP) is 2.01. The fourth-order valence-corrected chi connectivity index (χ4v) is 1.62. The highest BCUT2D eigenvalue weighted by molar-refractivity contribution is 5.74. The molecule has 1 aliphatic rings. The molecule has 5 nitrogen and oxygen atoms in total. The summed E-state index contributed by atoms with van der Waals surface area (Å²) in [7, 11) is 0. The minimum atomic E-state index is -0.237. The highest BCUT2D eigenvalue weighted by Gasteiger charge is 2.15. The van der Waals surface area contributed by atoms with E-state index >= 15 is 0 Å². The Morgan fingerprint density at radius 1 is 1.28 bits per heavy atom. The van der Waals surface area contributed by atoms with Crippen LogP contribution in [0.2, 0.25) is 0 Å². The Morgan fingerprint density at radius 3 is 2.72 bits per heavy atom. The number of rotatable bonds is 2. The Hall–Kier alpha value is -1.91. The van der Waals surface area contributed by atoms with Crippen molar-refractivity contribution in [2.24, 2.45) is 0 Å². The number of hydrogen-bond acceptors (Lipinski definition) is 3. The molecule has 1 aliphatic heterocycles. The minimum Gasteiger partial charge on any atom is -0.454 e. The van der Waals surface area contributed by atoms with E-state index in [1.807, 2.05) is 39.0 Å². The first-order valence-electron chi connectivity index (χ1n) is 5.88. The summed E-state index contributed by atoms with van der Waals surface area (Å²) >= 11 is 0. The zero-order chi connectivity index (χ0) is 13.2. The van der Waals surface area contributed by atoms with Gasteiger partial charge < -0.3 is 20.1 Å². The lowest BCUT2D eigenvalue weighted by molar-refractivity contribution is 0.174. The van der Waals surface area contributed by atoms with Crippen molar-refractivity contribution >= 4 is 6.03 Å². The van der Waals surface area contributed by atoms with Crippen molar-refractivity contribution in [3.05, 3.63) is 23.8 Å². The predicted molar refractivity (Wildman–Crippen MR) is 67.7 cm³/mol. The molecule has 0 unspecified atom stereocenters. The zero-order valence-electron chi connectivity index (χ0n) is 10.9. The average Bonchev–Trinajstić information content (AvgIpc) is 2.71. The second-order valence-corrected chi connectivity index (χ2v) is 5.25. The van der Waals surface area contributed by atoms with Gasteiger partial charge in [0.25, 0.3) is 0 Å². The number of nitrogens with one attached hydrogen (secondary N) is 2. The van der Waals surface area contributed by atoms with E-state index in [0.29, 0.717) is 6.54 Å². The van der Waals surface area contributed by atoms with Crippen LogP contribution in [0, 0.1) is 0 Å². The topological polar surface area (TPSA) is 59.6 Å². The molecule has 1 aromatic carbocycles. The third kappa shape index (κ3) is 3.29. The molecule has 0 saturated carbocycles. The Morgan fingerprint density at radius 2 is 2.00 bits per heavy atom. The summed E-state index contributed by atoms with van der Waals surface area (Å²) in [4.78, 5) is 11.6. The molecule has 1 heterocycles. The van der Waals surface area contributed by atoms with Crippen LogP contribution < -0.4 is 20.1 Å². The molecule has 2 amide bonds. The third-order valence-corrected chi connectivity index (χ3v) is 2.38. The fraction of sp³-hybridized carbons (Fsp3) is 0.462. The van der Waals surface area contributed by atoms with Gasteiger partial charge in [0, 0.05) is 12.1 Å². The van der Waals surface area contributed by atoms with Gasteiger partial charge in [-0.05, 0) is 38.5 Å². The second kappa shape index (κ2) is 4.76. The van der Waals surface area contributed by atoms with Crippen LogP contribution >= 0.6 is 0 Å². The van der Waals surface area contributed by atoms with Gasteiger partial charge in [-0.2, -0.15) is 0 Å². The monoisotopic (exact) mass is 250 g/mol. The molecule has 1 aromatic rings. The molecule has 5 heteroatoms. The Kier molecular flexibility index (Phi) is 3.32. The lowest BCUT2D eigenvalue weighted by Crippen LogP contribution is -2.46. The molecule has 18 heavy (non-hydrogen) atoms. The number of amides is 2.